The van der Waals surface area contributed by atoms with E-state index in [9.17, 15) is 0 Å². The minimum Gasteiger partial charge on any atom is -0.455 e. The maximum atomic E-state index is 7.37. The van der Waals surface area contributed by atoms with Crippen molar-refractivity contribution < 1.29 is 4.74 Å². The first-order valence-electron chi connectivity index (χ1n) is 25.1. The second kappa shape index (κ2) is 14.6. The molecule has 12 aromatic rings. The van der Waals surface area contributed by atoms with Crippen molar-refractivity contribution in [3.8, 4) is 56.0 Å². The van der Waals surface area contributed by atoms with Gasteiger partial charge in [-0.05, 0) is 90.2 Å². The van der Waals surface area contributed by atoms with Crippen LogP contribution in [0.2, 0.25) is 0 Å². The predicted molar refractivity (Wildman–Crippen MR) is 295 cm³/mol. The van der Waals surface area contributed by atoms with Crippen molar-refractivity contribution in [2.24, 2.45) is 0 Å². The third kappa shape index (κ3) is 4.93. The van der Waals surface area contributed by atoms with Crippen LogP contribution >= 0.6 is 0 Å². The fraction of sp³-hybridized carbons (Fsp3) is 0.0286. The van der Waals surface area contributed by atoms with E-state index in [0.717, 1.165) is 72.4 Å². The number of nitrogens with zero attached hydrogens (tertiary/aromatic N) is 1. The molecule has 0 radical (unpaired) electrons. The number of benzene rings is 12. The van der Waals surface area contributed by atoms with Crippen LogP contribution in [0.3, 0.4) is 0 Å². The molecule has 0 N–H and O–H groups in total. The Morgan fingerprint density at radius 3 is 1.15 bits per heavy atom. The second-order valence-corrected chi connectivity index (χ2v) is 19.7. The molecule has 1 aliphatic heterocycles. The van der Waals surface area contributed by atoms with Crippen molar-refractivity contribution in [1.29, 1.82) is 0 Å². The van der Waals surface area contributed by atoms with Crippen LogP contribution in [0.25, 0.3) is 66.1 Å². The van der Waals surface area contributed by atoms with Gasteiger partial charge in [-0.1, -0.05) is 243 Å². The third-order valence-corrected chi connectivity index (χ3v) is 16.5. The van der Waals surface area contributed by atoms with Gasteiger partial charge in [-0.15, -0.1) is 0 Å². The highest BCUT2D eigenvalue weighted by molar-refractivity contribution is 6.07. The average molecular weight is 914 g/mol. The molecule has 1 heterocycles. The van der Waals surface area contributed by atoms with Gasteiger partial charge in [0.2, 0.25) is 0 Å². The van der Waals surface area contributed by atoms with Crippen molar-refractivity contribution in [2.75, 3.05) is 4.90 Å². The molecule has 2 spiro atoms. The minimum atomic E-state index is -0.712. The zero-order valence-electron chi connectivity index (χ0n) is 39.2. The largest absolute Gasteiger partial charge is 0.455 e. The molecular formula is C70H43NO. The van der Waals surface area contributed by atoms with E-state index in [1.165, 1.54) is 66.8 Å². The molecule has 2 nitrogen and oxygen atoms in total. The van der Waals surface area contributed by atoms with E-state index >= 15 is 0 Å². The zero-order valence-corrected chi connectivity index (χ0v) is 39.2. The fourth-order valence-electron chi connectivity index (χ4n) is 13.8. The molecule has 0 saturated heterocycles. The topological polar surface area (TPSA) is 12.5 Å². The Kier molecular flexibility index (Phi) is 8.05. The van der Waals surface area contributed by atoms with Gasteiger partial charge in [0, 0.05) is 38.6 Å². The lowest BCUT2D eigenvalue weighted by atomic mass is 9.65. The standard InChI is InChI=1S/C70H43NO/c1-2-20-44(21-3-1)47-24-12-17-37-62(47)71(63-38-18-35-58-65(63)52-29-10-15-33-56(52)69(58)54-31-13-8-27-50(54)51-28-9-14-32-55(51)69)64-39-19-36-59-66(64)53-30-11-16-34-57(53)70(59)60-42-40-45-22-4-6-25-48(45)67(60)72-68-49-26-7-5-23-46(49)41-43-61(68)70/h1-43H. The number of para-hydroxylation sites is 1. The first-order chi connectivity index (χ1) is 35.8. The van der Waals surface area contributed by atoms with Gasteiger partial charge in [-0.3, -0.25) is 0 Å². The number of rotatable bonds is 4. The molecule has 0 saturated carbocycles. The van der Waals surface area contributed by atoms with Gasteiger partial charge >= 0.3 is 0 Å². The van der Waals surface area contributed by atoms with E-state index in [-0.39, 0.29) is 0 Å². The first-order valence-corrected chi connectivity index (χ1v) is 25.1. The molecule has 0 aromatic heterocycles. The second-order valence-electron chi connectivity index (χ2n) is 19.7. The van der Waals surface area contributed by atoms with Gasteiger partial charge in [-0.2, -0.15) is 0 Å². The molecule has 0 bridgehead atoms. The molecule has 0 fully saturated rings. The van der Waals surface area contributed by atoms with Crippen LogP contribution in [0.4, 0.5) is 17.1 Å². The molecular weight excluding hydrogens is 871 g/mol. The molecule has 3 aliphatic carbocycles. The Morgan fingerprint density at radius 2 is 0.625 bits per heavy atom. The van der Waals surface area contributed by atoms with Gasteiger partial charge in [0.05, 0.1) is 27.9 Å². The molecule has 72 heavy (non-hydrogen) atoms. The van der Waals surface area contributed by atoms with Crippen molar-refractivity contribution in [3.05, 3.63) is 305 Å². The maximum Gasteiger partial charge on any atom is 0.140 e. The summed E-state index contributed by atoms with van der Waals surface area (Å²) >= 11 is 0. The maximum absolute atomic E-state index is 7.37. The van der Waals surface area contributed by atoms with E-state index in [2.05, 4.69) is 266 Å². The first kappa shape index (κ1) is 39.6. The summed E-state index contributed by atoms with van der Waals surface area (Å²) in [5.41, 5.74) is 22.1. The predicted octanol–water partition coefficient (Wildman–Crippen LogP) is 17.9. The van der Waals surface area contributed by atoms with E-state index in [4.69, 9.17) is 4.74 Å². The summed E-state index contributed by atoms with van der Waals surface area (Å²) in [6.07, 6.45) is 0. The van der Waals surface area contributed by atoms with Crippen LogP contribution in [-0.2, 0) is 10.8 Å². The van der Waals surface area contributed by atoms with Crippen LogP contribution in [-0.4, -0.2) is 0 Å². The van der Waals surface area contributed by atoms with Crippen LogP contribution in [0.1, 0.15) is 44.5 Å². The van der Waals surface area contributed by atoms with Crippen molar-refractivity contribution in [1.82, 2.24) is 0 Å². The summed E-state index contributed by atoms with van der Waals surface area (Å²) in [6.45, 7) is 0. The molecule has 0 amide bonds. The summed E-state index contributed by atoms with van der Waals surface area (Å²) in [5.74, 6) is 1.83. The summed E-state index contributed by atoms with van der Waals surface area (Å²) in [5, 5.41) is 4.52. The van der Waals surface area contributed by atoms with Gasteiger partial charge in [-0.25, -0.2) is 0 Å². The SMILES string of the molecule is c1ccc(-c2ccccc2N(c2cccc3c2-c2ccccc2C32c3ccccc3-c3ccccc32)c2cccc3c2-c2ccccc2C32c3ccc4ccccc4c3Oc3c2ccc2ccccc32)cc1. The lowest BCUT2D eigenvalue weighted by Gasteiger charge is -2.40. The Balaban J connectivity index is 1.05. The van der Waals surface area contributed by atoms with E-state index < -0.39 is 10.8 Å². The smallest absolute Gasteiger partial charge is 0.140 e. The molecule has 334 valence electrons. The van der Waals surface area contributed by atoms with Gasteiger partial charge in [0.1, 0.15) is 11.5 Å². The number of ether oxygens (including phenoxy) is 1. The Bertz CT molecular complexity index is 4150. The highest BCUT2D eigenvalue weighted by atomic mass is 16.5. The third-order valence-electron chi connectivity index (χ3n) is 16.5. The zero-order chi connectivity index (χ0) is 47.1. The Hall–Kier alpha value is -9.24. The molecule has 16 rings (SSSR count). The lowest BCUT2D eigenvalue weighted by Crippen LogP contribution is -2.32. The average Bonchev–Trinajstić information content (AvgIpc) is 4.04. The number of hydrogen-bond donors (Lipinski definition) is 0. The monoisotopic (exact) mass is 913 g/mol. The van der Waals surface area contributed by atoms with Crippen LogP contribution in [0.5, 0.6) is 11.5 Å². The Labute approximate surface area is 418 Å². The summed E-state index contributed by atoms with van der Waals surface area (Å²) in [7, 11) is 0. The summed E-state index contributed by atoms with van der Waals surface area (Å²) in [4.78, 5) is 2.61. The van der Waals surface area contributed by atoms with E-state index in [0.29, 0.717) is 0 Å². The number of fused-ring (bicyclic) bond motifs is 23. The van der Waals surface area contributed by atoms with E-state index in [1.807, 2.05) is 0 Å². The van der Waals surface area contributed by atoms with Gasteiger partial charge in [0.15, 0.2) is 0 Å². The normalized spacial score (nSPS) is 14.2. The van der Waals surface area contributed by atoms with Gasteiger partial charge in [0.25, 0.3) is 0 Å². The Morgan fingerprint density at radius 1 is 0.250 bits per heavy atom. The van der Waals surface area contributed by atoms with Crippen LogP contribution in [0.15, 0.2) is 261 Å². The highest BCUT2D eigenvalue weighted by Crippen LogP contribution is 2.68. The number of hydrogen-bond acceptors (Lipinski definition) is 2. The summed E-state index contributed by atoms with van der Waals surface area (Å²) < 4.78 is 7.37. The summed E-state index contributed by atoms with van der Waals surface area (Å²) in [6, 6.07) is 97.2. The van der Waals surface area contributed by atoms with Gasteiger partial charge < -0.3 is 9.64 Å². The van der Waals surface area contributed by atoms with E-state index in [1.54, 1.807) is 0 Å². The number of anilines is 3. The van der Waals surface area contributed by atoms with Crippen molar-refractivity contribution >= 4 is 38.6 Å². The van der Waals surface area contributed by atoms with Crippen LogP contribution < -0.4 is 9.64 Å². The minimum absolute atomic E-state index is 0.504. The molecule has 12 aromatic carbocycles. The molecule has 0 atom stereocenters. The van der Waals surface area contributed by atoms with Crippen molar-refractivity contribution in [3.63, 3.8) is 0 Å². The quantitative estimate of drug-likeness (QED) is 0.174. The molecule has 0 unspecified atom stereocenters. The van der Waals surface area contributed by atoms with Crippen molar-refractivity contribution in [2.45, 2.75) is 10.8 Å². The lowest BCUT2D eigenvalue weighted by molar-refractivity contribution is 0.447. The highest BCUT2D eigenvalue weighted by Gasteiger charge is 2.55. The fourth-order valence-corrected chi connectivity index (χ4v) is 13.8. The van der Waals surface area contributed by atoms with Crippen LogP contribution in [0, 0.1) is 0 Å². The molecule has 4 aliphatic rings. The molecule has 2 heteroatoms.